The molecule has 0 saturated carbocycles. The Bertz CT molecular complexity index is 1060. The van der Waals surface area contributed by atoms with Gasteiger partial charge in [0.05, 0.1) is 17.9 Å². The molecule has 0 aromatic heterocycles. The molecule has 0 aromatic carbocycles. The van der Waals surface area contributed by atoms with Crippen molar-refractivity contribution in [3.8, 4) is 0 Å². The van der Waals surface area contributed by atoms with Gasteiger partial charge in [0, 0.05) is 6.42 Å². The molecule has 308 valence electrons. The Labute approximate surface area is 328 Å². The van der Waals surface area contributed by atoms with Crippen LogP contribution in [0.3, 0.4) is 0 Å². The zero-order valence-electron chi connectivity index (χ0n) is 34.4. The van der Waals surface area contributed by atoms with Gasteiger partial charge in [-0.15, -0.1) is 0 Å². The van der Waals surface area contributed by atoms with Crippen molar-refractivity contribution in [2.24, 2.45) is 0 Å². The molecule has 0 heterocycles. The monoisotopic (exact) mass is 762 g/mol. The summed E-state index contributed by atoms with van der Waals surface area (Å²) in [7, 11) is -4.35. The predicted molar refractivity (Wildman–Crippen MR) is 230 cm³/mol. The van der Waals surface area contributed by atoms with Crippen LogP contribution in [-0.2, 0) is 14.9 Å². The van der Waals surface area contributed by atoms with Crippen LogP contribution in [0.25, 0.3) is 0 Å². The molecule has 53 heavy (non-hydrogen) atoms. The Kier molecular flexibility index (Phi) is 38.3. The molecule has 0 aliphatic heterocycles. The van der Waals surface area contributed by atoms with E-state index in [4.69, 9.17) is 0 Å². The smallest absolute Gasteiger partial charge is 0.267 e. The average Bonchev–Trinajstić information content (AvgIpc) is 3.12. The third-order valence-electron chi connectivity index (χ3n) is 9.70. The van der Waals surface area contributed by atoms with Crippen molar-refractivity contribution in [1.29, 1.82) is 0 Å². The van der Waals surface area contributed by atoms with E-state index in [0.717, 1.165) is 77.0 Å². The summed E-state index contributed by atoms with van der Waals surface area (Å²) in [5.41, 5.74) is 0. The standard InChI is InChI=1S/C46H83NO5S/c1-3-5-7-9-11-13-15-17-19-21-22-23-24-26-28-30-32-34-36-38-40-42-46(49)47-44(43-53(50,51)52)45(48)41-39-37-35-33-31-29-27-25-20-18-16-14-12-10-8-6-4-2/h5,7,11,13,17,19,22-23,39,41,44-45,48H,3-4,6,8-10,12,14-16,18,20-21,24-38,40,42-43H2,1-2H3,(H,47,49)(H,50,51,52)/b7-5-,13-11-,19-17-,23-22-,41-39+. The maximum atomic E-state index is 12.5. The molecule has 0 saturated heterocycles. The molecule has 0 aromatic rings. The minimum atomic E-state index is -4.35. The minimum Gasteiger partial charge on any atom is -0.387 e. The van der Waals surface area contributed by atoms with Gasteiger partial charge >= 0.3 is 0 Å². The van der Waals surface area contributed by atoms with Crippen LogP contribution in [-0.4, -0.2) is 41.9 Å². The van der Waals surface area contributed by atoms with E-state index in [2.05, 4.69) is 67.8 Å². The maximum absolute atomic E-state index is 12.5. The van der Waals surface area contributed by atoms with Gasteiger partial charge in [0.1, 0.15) is 0 Å². The van der Waals surface area contributed by atoms with Crippen molar-refractivity contribution in [2.75, 3.05) is 5.75 Å². The lowest BCUT2D eigenvalue weighted by molar-refractivity contribution is -0.122. The third-order valence-corrected chi connectivity index (χ3v) is 10.5. The van der Waals surface area contributed by atoms with Gasteiger partial charge in [0.15, 0.2) is 0 Å². The number of aliphatic hydroxyl groups excluding tert-OH is 1. The lowest BCUT2D eigenvalue weighted by Crippen LogP contribution is -2.46. The Morgan fingerprint density at radius 2 is 0.906 bits per heavy atom. The van der Waals surface area contributed by atoms with Crippen LogP contribution >= 0.6 is 0 Å². The molecule has 0 aliphatic rings. The highest BCUT2D eigenvalue weighted by Gasteiger charge is 2.24. The fourth-order valence-corrected chi connectivity index (χ4v) is 7.18. The minimum absolute atomic E-state index is 0.284. The first-order valence-electron chi connectivity index (χ1n) is 22.0. The maximum Gasteiger partial charge on any atom is 0.267 e. The summed E-state index contributed by atoms with van der Waals surface area (Å²) in [6.45, 7) is 4.42. The van der Waals surface area contributed by atoms with E-state index in [1.165, 1.54) is 109 Å². The molecular formula is C46H83NO5S. The molecule has 0 rings (SSSR count). The Morgan fingerprint density at radius 1 is 0.528 bits per heavy atom. The number of unbranched alkanes of at least 4 members (excludes halogenated alkanes) is 23. The number of aliphatic hydroxyl groups is 1. The Hall–Kier alpha value is -1.96. The summed E-state index contributed by atoms with van der Waals surface area (Å²) < 4.78 is 32.6. The molecule has 0 radical (unpaired) electrons. The lowest BCUT2D eigenvalue weighted by Gasteiger charge is -2.21. The second-order valence-corrected chi connectivity index (χ2v) is 16.4. The van der Waals surface area contributed by atoms with Crippen molar-refractivity contribution in [1.82, 2.24) is 5.32 Å². The van der Waals surface area contributed by atoms with E-state index in [9.17, 15) is 22.9 Å². The number of hydrogen-bond acceptors (Lipinski definition) is 4. The van der Waals surface area contributed by atoms with Crippen LogP contribution < -0.4 is 5.32 Å². The molecule has 1 amide bonds. The van der Waals surface area contributed by atoms with Gasteiger partial charge in [-0.3, -0.25) is 9.35 Å². The largest absolute Gasteiger partial charge is 0.387 e. The van der Waals surface area contributed by atoms with Crippen molar-refractivity contribution >= 4 is 16.0 Å². The van der Waals surface area contributed by atoms with Gasteiger partial charge in [0.25, 0.3) is 10.1 Å². The van der Waals surface area contributed by atoms with Crippen LogP contribution in [0.4, 0.5) is 0 Å². The molecule has 7 heteroatoms. The molecule has 2 unspecified atom stereocenters. The summed E-state index contributed by atoms with van der Waals surface area (Å²) in [6, 6.07) is -1.06. The van der Waals surface area contributed by atoms with Crippen molar-refractivity contribution in [3.63, 3.8) is 0 Å². The van der Waals surface area contributed by atoms with Gasteiger partial charge < -0.3 is 10.4 Å². The fraction of sp³-hybridized carbons (Fsp3) is 0.761. The van der Waals surface area contributed by atoms with E-state index < -0.39 is 28.0 Å². The van der Waals surface area contributed by atoms with E-state index in [1.54, 1.807) is 6.08 Å². The van der Waals surface area contributed by atoms with Gasteiger partial charge in [-0.1, -0.05) is 203 Å². The molecular weight excluding hydrogens is 679 g/mol. The van der Waals surface area contributed by atoms with Gasteiger partial charge in [-0.05, 0) is 57.8 Å². The fourth-order valence-electron chi connectivity index (χ4n) is 6.44. The molecule has 0 spiro atoms. The van der Waals surface area contributed by atoms with Crippen LogP contribution in [0.5, 0.6) is 0 Å². The Balaban J connectivity index is 3.91. The first-order chi connectivity index (χ1) is 25.8. The van der Waals surface area contributed by atoms with E-state index >= 15 is 0 Å². The average molecular weight is 762 g/mol. The summed E-state index contributed by atoms with van der Waals surface area (Å²) in [6.07, 6.45) is 54.9. The summed E-state index contributed by atoms with van der Waals surface area (Å²) in [5, 5.41) is 13.3. The van der Waals surface area contributed by atoms with Crippen LogP contribution in [0, 0.1) is 0 Å². The topological polar surface area (TPSA) is 104 Å². The molecule has 6 nitrogen and oxygen atoms in total. The summed E-state index contributed by atoms with van der Waals surface area (Å²) in [5.74, 6) is -0.991. The van der Waals surface area contributed by atoms with Crippen molar-refractivity contribution in [3.05, 3.63) is 60.8 Å². The van der Waals surface area contributed by atoms with Crippen LogP contribution in [0.2, 0.25) is 0 Å². The molecule has 0 fully saturated rings. The highest BCUT2D eigenvalue weighted by atomic mass is 32.2. The summed E-state index contributed by atoms with van der Waals surface area (Å²) in [4.78, 5) is 12.5. The zero-order chi connectivity index (χ0) is 38.9. The number of hydrogen-bond donors (Lipinski definition) is 3. The number of carbonyl (C=O) groups is 1. The van der Waals surface area contributed by atoms with Crippen LogP contribution in [0.15, 0.2) is 60.8 Å². The number of nitrogens with one attached hydrogen (secondary N) is 1. The predicted octanol–water partition coefficient (Wildman–Crippen LogP) is 13.2. The second-order valence-electron chi connectivity index (χ2n) is 14.9. The van der Waals surface area contributed by atoms with Gasteiger partial charge in [-0.25, -0.2) is 0 Å². The zero-order valence-corrected chi connectivity index (χ0v) is 35.2. The number of amides is 1. The number of carbonyl (C=O) groups excluding carboxylic acids is 1. The normalized spacial score (nSPS) is 13.8. The first kappa shape index (κ1) is 51.0. The highest BCUT2D eigenvalue weighted by molar-refractivity contribution is 7.85. The lowest BCUT2D eigenvalue weighted by atomic mass is 10.0. The Morgan fingerprint density at radius 3 is 1.34 bits per heavy atom. The first-order valence-corrected chi connectivity index (χ1v) is 23.6. The molecule has 0 bridgehead atoms. The molecule has 3 N–H and O–H groups in total. The van der Waals surface area contributed by atoms with Gasteiger partial charge in [-0.2, -0.15) is 8.42 Å². The summed E-state index contributed by atoms with van der Waals surface area (Å²) >= 11 is 0. The van der Waals surface area contributed by atoms with E-state index in [-0.39, 0.29) is 12.3 Å². The quantitative estimate of drug-likeness (QED) is 0.0329. The molecule has 0 aliphatic carbocycles. The van der Waals surface area contributed by atoms with E-state index in [1.807, 2.05) is 6.08 Å². The van der Waals surface area contributed by atoms with Gasteiger partial charge in [0.2, 0.25) is 5.91 Å². The van der Waals surface area contributed by atoms with Crippen molar-refractivity contribution < 1.29 is 22.9 Å². The number of allylic oxidation sites excluding steroid dienone is 9. The number of rotatable bonds is 39. The van der Waals surface area contributed by atoms with Crippen LogP contribution in [0.1, 0.15) is 206 Å². The van der Waals surface area contributed by atoms with Crippen molar-refractivity contribution in [2.45, 2.75) is 219 Å². The SMILES string of the molecule is CC/C=C\C/C=C\C/C=C\C/C=C\CCCCCCCCCCC(=O)NC(CS(=O)(=O)O)C(O)/C=C/CCCCCCCCCCCCCCCCC. The third kappa shape index (κ3) is 41.1. The second kappa shape index (κ2) is 39.7. The van der Waals surface area contributed by atoms with E-state index in [0.29, 0.717) is 0 Å². The molecule has 2 atom stereocenters. The highest BCUT2D eigenvalue weighted by Crippen LogP contribution is 2.15.